The lowest BCUT2D eigenvalue weighted by Crippen LogP contribution is -2.51. The second-order valence-electron chi connectivity index (χ2n) is 8.73. The average molecular weight is 380 g/mol. The minimum Gasteiger partial charge on any atom is -0.391 e. The van der Waals surface area contributed by atoms with E-state index < -0.39 is 12.2 Å². The van der Waals surface area contributed by atoms with Gasteiger partial charge in [-0.2, -0.15) is 0 Å². The molecular formula is C20H33N3O4. The number of aliphatic hydroxyl groups is 1. The molecule has 1 heterocycles. The van der Waals surface area contributed by atoms with Crippen molar-refractivity contribution >= 4 is 18.5 Å². The van der Waals surface area contributed by atoms with Crippen LogP contribution >= 0.6 is 0 Å². The van der Waals surface area contributed by atoms with Crippen molar-refractivity contribution in [1.82, 2.24) is 10.6 Å². The SMILES string of the molecule is C=NC(=O)[C@@H]1CCCC2(CC(O)[C@H](C)NC(=O)[C@@H](OCC)C(C)C)[C@@H]3NC132. The predicted octanol–water partition coefficient (Wildman–Crippen LogP) is 1.04. The number of hydrogen-bond acceptors (Lipinski definition) is 5. The van der Waals surface area contributed by atoms with E-state index in [0.29, 0.717) is 13.0 Å². The lowest BCUT2D eigenvalue weighted by molar-refractivity contribution is -0.137. The van der Waals surface area contributed by atoms with Crippen LogP contribution in [0.3, 0.4) is 0 Å². The predicted molar refractivity (Wildman–Crippen MR) is 102 cm³/mol. The van der Waals surface area contributed by atoms with Crippen LogP contribution in [0.2, 0.25) is 0 Å². The van der Waals surface area contributed by atoms with Crippen molar-refractivity contribution in [2.75, 3.05) is 6.61 Å². The van der Waals surface area contributed by atoms with Gasteiger partial charge < -0.3 is 20.5 Å². The maximum absolute atomic E-state index is 12.5. The number of nitrogens with zero attached hydrogens (tertiary/aromatic N) is 1. The van der Waals surface area contributed by atoms with E-state index >= 15 is 0 Å². The topological polar surface area (TPSA) is 110 Å². The van der Waals surface area contributed by atoms with Crippen molar-refractivity contribution in [3.05, 3.63) is 0 Å². The van der Waals surface area contributed by atoms with Crippen molar-refractivity contribution < 1.29 is 19.4 Å². The molecule has 3 rings (SSSR count). The molecule has 3 aliphatic rings. The second kappa shape index (κ2) is 7.26. The third-order valence-electron chi connectivity index (χ3n) is 6.90. The molecule has 7 heteroatoms. The first-order chi connectivity index (χ1) is 12.7. The zero-order chi connectivity index (χ0) is 20.0. The Bertz CT molecular complexity index is 624. The van der Waals surface area contributed by atoms with Crippen LogP contribution < -0.4 is 10.6 Å². The molecule has 2 saturated carbocycles. The maximum atomic E-state index is 12.5. The number of aliphatic hydroxyl groups excluding tert-OH is 1. The summed E-state index contributed by atoms with van der Waals surface area (Å²) in [6.07, 6.45) is 2.18. The summed E-state index contributed by atoms with van der Waals surface area (Å²) in [5.74, 6) is -0.391. The molecular weight excluding hydrogens is 346 g/mol. The Morgan fingerprint density at radius 1 is 1.41 bits per heavy atom. The van der Waals surface area contributed by atoms with Crippen LogP contribution in [0, 0.1) is 17.3 Å². The van der Waals surface area contributed by atoms with E-state index in [4.69, 9.17) is 4.74 Å². The molecule has 0 radical (unpaired) electrons. The number of amides is 2. The lowest BCUT2D eigenvalue weighted by Gasteiger charge is -2.37. The van der Waals surface area contributed by atoms with Crippen molar-refractivity contribution in [1.29, 1.82) is 0 Å². The van der Waals surface area contributed by atoms with Gasteiger partial charge in [0.2, 0.25) is 11.8 Å². The fourth-order valence-corrected chi connectivity index (χ4v) is 5.39. The fourth-order valence-electron chi connectivity index (χ4n) is 5.39. The van der Waals surface area contributed by atoms with Crippen LogP contribution in [-0.4, -0.2) is 60.1 Å². The Kier molecular flexibility index (Phi) is 5.49. The smallest absolute Gasteiger partial charge is 0.250 e. The maximum Gasteiger partial charge on any atom is 0.250 e. The number of nitrogens with one attached hydrogen (secondary N) is 2. The van der Waals surface area contributed by atoms with Gasteiger partial charge >= 0.3 is 0 Å². The van der Waals surface area contributed by atoms with Crippen molar-refractivity contribution in [2.45, 2.75) is 83.2 Å². The summed E-state index contributed by atoms with van der Waals surface area (Å²) in [5, 5.41) is 17.1. The fraction of sp³-hybridized carbons (Fsp3) is 0.850. The first-order valence-corrected chi connectivity index (χ1v) is 10.1. The largest absolute Gasteiger partial charge is 0.391 e. The minimum atomic E-state index is -0.666. The molecule has 152 valence electrons. The third kappa shape index (κ3) is 3.13. The highest BCUT2D eigenvalue weighted by molar-refractivity contribution is 5.87. The lowest BCUT2D eigenvalue weighted by atomic mass is 9.73. The van der Waals surface area contributed by atoms with Crippen molar-refractivity contribution in [3.63, 3.8) is 0 Å². The molecule has 7 nitrogen and oxygen atoms in total. The van der Waals surface area contributed by atoms with Crippen LogP contribution in [0.4, 0.5) is 0 Å². The summed E-state index contributed by atoms with van der Waals surface area (Å²) in [4.78, 5) is 28.3. The second-order valence-corrected chi connectivity index (χ2v) is 8.73. The van der Waals surface area contributed by atoms with Gasteiger partial charge in [-0.15, -0.1) is 0 Å². The average Bonchev–Trinajstić information content (AvgIpc) is 3.49. The van der Waals surface area contributed by atoms with Crippen LogP contribution in [0.1, 0.15) is 53.4 Å². The van der Waals surface area contributed by atoms with Gasteiger partial charge in [0.15, 0.2) is 0 Å². The molecule has 3 N–H and O–H groups in total. The Balaban J connectivity index is 1.60. The summed E-state index contributed by atoms with van der Waals surface area (Å²) in [5.41, 5.74) is -0.244. The zero-order valence-electron chi connectivity index (χ0n) is 16.8. The highest BCUT2D eigenvalue weighted by atomic mass is 16.5. The van der Waals surface area contributed by atoms with Gasteiger partial charge in [0.05, 0.1) is 23.6 Å². The Morgan fingerprint density at radius 3 is 2.67 bits per heavy atom. The molecule has 1 aliphatic heterocycles. The van der Waals surface area contributed by atoms with Gasteiger partial charge in [0, 0.05) is 18.1 Å². The first-order valence-electron chi connectivity index (χ1n) is 10.1. The van der Waals surface area contributed by atoms with Crippen LogP contribution in [0.25, 0.3) is 0 Å². The number of aliphatic imine (C=N–C) groups is 1. The van der Waals surface area contributed by atoms with Crippen LogP contribution in [0.5, 0.6) is 0 Å². The number of carbonyl (C=O) groups excluding carboxylic acids is 2. The van der Waals surface area contributed by atoms with E-state index in [1.165, 1.54) is 0 Å². The Labute approximate surface area is 161 Å². The van der Waals surface area contributed by atoms with E-state index in [1.807, 2.05) is 27.7 Å². The first kappa shape index (κ1) is 20.4. The molecule has 0 aromatic heterocycles. The molecule has 7 atom stereocenters. The van der Waals surface area contributed by atoms with Gasteiger partial charge in [0.25, 0.3) is 0 Å². The standard InChI is InChI=1S/C20H33N3O4/c1-6-27-15(11(2)3)17(26)22-12(4)14(24)10-19-9-7-8-13(16(25)21-5)20(19)18(19)23-20/h11-15,18,23-24H,5-10H2,1-4H3,(H,22,26)/t12-,13-,14?,15-,18-,19?,20?/m0/s1. The number of carbonyl (C=O) groups is 2. The minimum absolute atomic E-state index is 0.0496. The number of fused-ring (bicyclic) bond motifs is 1. The van der Waals surface area contributed by atoms with E-state index in [-0.39, 0.29) is 46.7 Å². The van der Waals surface area contributed by atoms with Crippen molar-refractivity contribution in [3.8, 4) is 0 Å². The van der Waals surface area contributed by atoms with Crippen LogP contribution in [-0.2, 0) is 14.3 Å². The Morgan fingerprint density at radius 2 is 2.11 bits per heavy atom. The zero-order valence-corrected chi connectivity index (χ0v) is 16.8. The molecule has 1 saturated heterocycles. The monoisotopic (exact) mass is 379 g/mol. The van der Waals surface area contributed by atoms with Gasteiger partial charge in [-0.1, -0.05) is 20.3 Å². The molecule has 2 aliphatic carbocycles. The van der Waals surface area contributed by atoms with E-state index in [0.717, 1.165) is 19.3 Å². The van der Waals surface area contributed by atoms with E-state index in [2.05, 4.69) is 22.3 Å². The van der Waals surface area contributed by atoms with Gasteiger partial charge in [0.1, 0.15) is 6.10 Å². The number of hydrogen-bond donors (Lipinski definition) is 3. The van der Waals surface area contributed by atoms with E-state index in [1.54, 1.807) is 0 Å². The van der Waals surface area contributed by atoms with Crippen LogP contribution in [0.15, 0.2) is 4.99 Å². The normalized spacial score (nSPS) is 36.8. The highest BCUT2D eigenvalue weighted by Crippen LogP contribution is 2.78. The van der Waals surface area contributed by atoms with Gasteiger partial charge in [-0.25, -0.2) is 4.99 Å². The highest BCUT2D eigenvalue weighted by Gasteiger charge is 2.92. The number of rotatable bonds is 9. The molecule has 27 heavy (non-hydrogen) atoms. The molecule has 0 aromatic carbocycles. The van der Waals surface area contributed by atoms with E-state index in [9.17, 15) is 14.7 Å². The Hall–Kier alpha value is -1.31. The summed E-state index contributed by atoms with van der Waals surface area (Å²) in [6.45, 7) is 11.4. The number of ether oxygens (including phenoxy) is 1. The van der Waals surface area contributed by atoms with Gasteiger partial charge in [-0.05, 0) is 45.7 Å². The summed E-state index contributed by atoms with van der Waals surface area (Å²) in [6, 6.07) is -0.0909. The van der Waals surface area contributed by atoms with Gasteiger partial charge in [-0.3, -0.25) is 9.59 Å². The quantitative estimate of drug-likeness (QED) is 0.410. The third-order valence-corrected chi connectivity index (χ3v) is 6.90. The summed E-state index contributed by atoms with van der Waals surface area (Å²) < 4.78 is 5.54. The molecule has 2 amide bonds. The summed E-state index contributed by atoms with van der Waals surface area (Å²) in [7, 11) is 0. The molecule has 1 spiro atoms. The summed E-state index contributed by atoms with van der Waals surface area (Å²) >= 11 is 0. The van der Waals surface area contributed by atoms with Crippen molar-refractivity contribution in [2.24, 2.45) is 22.2 Å². The molecule has 0 aromatic rings. The molecule has 0 bridgehead atoms. The molecule has 3 fully saturated rings. The molecule has 3 unspecified atom stereocenters.